The van der Waals surface area contributed by atoms with E-state index in [1.165, 1.54) is 6.07 Å². The first-order valence-electron chi connectivity index (χ1n) is 7.92. The number of non-ortho nitro benzene ring substituents is 1. The van der Waals surface area contributed by atoms with Crippen LogP contribution in [0, 0.1) is 10.1 Å². The molecule has 0 aliphatic carbocycles. The Morgan fingerprint density at radius 2 is 1.92 bits per heavy atom. The molecule has 3 rings (SSSR count). The first kappa shape index (κ1) is 18.4. The Morgan fingerprint density at radius 3 is 2.58 bits per heavy atom. The van der Waals surface area contributed by atoms with Gasteiger partial charge in [-0.1, -0.05) is 35.3 Å². The predicted octanol–water partition coefficient (Wildman–Crippen LogP) is 4.70. The summed E-state index contributed by atoms with van der Waals surface area (Å²) in [7, 11) is 0. The van der Waals surface area contributed by atoms with Crippen molar-refractivity contribution >= 4 is 28.9 Å². The van der Waals surface area contributed by atoms with E-state index in [1.807, 2.05) is 18.2 Å². The molecule has 26 heavy (non-hydrogen) atoms. The largest absolute Gasteiger partial charge is 0.347 e. The van der Waals surface area contributed by atoms with Crippen LogP contribution in [-0.2, 0) is 13.0 Å². The number of nitro groups is 1. The normalized spacial score (nSPS) is 12.1. The Bertz CT molecular complexity index is 880. The predicted molar refractivity (Wildman–Crippen MR) is 101 cm³/mol. The van der Waals surface area contributed by atoms with E-state index in [0.29, 0.717) is 23.0 Å². The number of H-pyrrole nitrogens is 1. The fourth-order valence-electron chi connectivity index (χ4n) is 2.72. The zero-order valence-corrected chi connectivity index (χ0v) is 15.2. The van der Waals surface area contributed by atoms with Crippen molar-refractivity contribution in [3.05, 3.63) is 92.0 Å². The molecule has 1 atom stereocenters. The molecule has 1 heterocycles. The molecule has 2 aromatic carbocycles. The fraction of sp³-hybridized carbons (Fsp3) is 0.167. The lowest BCUT2D eigenvalue weighted by atomic mass is 10.0. The van der Waals surface area contributed by atoms with E-state index in [0.717, 1.165) is 17.0 Å². The van der Waals surface area contributed by atoms with Crippen molar-refractivity contribution in [1.29, 1.82) is 0 Å². The lowest BCUT2D eigenvalue weighted by Gasteiger charge is -2.17. The average Bonchev–Trinajstić information content (AvgIpc) is 3.12. The molecule has 0 amide bonds. The highest BCUT2D eigenvalue weighted by atomic mass is 35.5. The van der Waals surface area contributed by atoms with Gasteiger partial charge in [0, 0.05) is 41.1 Å². The molecule has 8 heteroatoms. The van der Waals surface area contributed by atoms with Crippen molar-refractivity contribution in [2.45, 2.75) is 19.0 Å². The van der Waals surface area contributed by atoms with Crippen LogP contribution in [0.5, 0.6) is 0 Å². The van der Waals surface area contributed by atoms with E-state index >= 15 is 0 Å². The number of hydrogen-bond donors (Lipinski definition) is 2. The van der Waals surface area contributed by atoms with E-state index < -0.39 is 4.92 Å². The third-order valence-electron chi connectivity index (χ3n) is 3.89. The van der Waals surface area contributed by atoms with E-state index in [9.17, 15) is 10.1 Å². The molecule has 6 nitrogen and oxygen atoms in total. The summed E-state index contributed by atoms with van der Waals surface area (Å²) in [6.45, 7) is 0.460. The maximum Gasteiger partial charge on any atom is 0.269 e. The molecule has 1 aromatic heterocycles. The zero-order valence-electron chi connectivity index (χ0n) is 13.7. The SMILES string of the molecule is O=[N+]([O-])c1cccc(CNC(Cc2cc(Cl)cc(Cl)c2)c2ncc[nH]2)c1. The van der Waals surface area contributed by atoms with Crippen LogP contribution >= 0.6 is 23.2 Å². The molecule has 0 aliphatic heterocycles. The Hall–Kier alpha value is -2.41. The molecule has 134 valence electrons. The average molecular weight is 391 g/mol. The lowest BCUT2D eigenvalue weighted by molar-refractivity contribution is -0.384. The summed E-state index contributed by atoms with van der Waals surface area (Å²) in [6, 6.07) is 11.8. The molecule has 1 unspecified atom stereocenters. The molecular formula is C18H16Cl2N4O2. The summed E-state index contributed by atoms with van der Waals surface area (Å²) >= 11 is 12.2. The van der Waals surface area contributed by atoms with Crippen LogP contribution in [-0.4, -0.2) is 14.9 Å². The molecule has 0 aliphatic rings. The van der Waals surface area contributed by atoms with Gasteiger partial charge in [-0.05, 0) is 35.7 Å². The highest BCUT2D eigenvalue weighted by Crippen LogP contribution is 2.23. The molecule has 0 radical (unpaired) electrons. The monoisotopic (exact) mass is 390 g/mol. The van der Waals surface area contributed by atoms with Crippen molar-refractivity contribution in [3.63, 3.8) is 0 Å². The number of halogens is 2. The Kier molecular flexibility index (Phi) is 5.88. The van der Waals surface area contributed by atoms with Crippen LogP contribution in [0.3, 0.4) is 0 Å². The third-order valence-corrected chi connectivity index (χ3v) is 4.32. The van der Waals surface area contributed by atoms with Crippen LogP contribution in [0.25, 0.3) is 0 Å². The van der Waals surface area contributed by atoms with Gasteiger partial charge in [-0.15, -0.1) is 0 Å². The summed E-state index contributed by atoms with van der Waals surface area (Å²) in [5.74, 6) is 0.770. The summed E-state index contributed by atoms with van der Waals surface area (Å²) in [4.78, 5) is 18.0. The van der Waals surface area contributed by atoms with E-state index in [2.05, 4.69) is 15.3 Å². The summed E-state index contributed by atoms with van der Waals surface area (Å²) in [5.41, 5.74) is 1.86. The second-order valence-electron chi connectivity index (χ2n) is 5.82. The topological polar surface area (TPSA) is 83.8 Å². The minimum Gasteiger partial charge on any atom is -0.347 e. The molecule has 0 saturated heterocycles. The van der Waals surface area contributed by atoms with Crippen molar-refractivity contribution in [3.8, 4) is 0 Å². The van der Waals surface area contributed by atoms with Crippen LogP contribution in [0.15, 0.2) is 54.9 Å². The van der Waals surface area contributed by atoms with Gasteiger partial charge in [0.2, 0.25) is 0 Å². The van der Waals surface area contributed by atoms with Crippen LogP contribution < -0.4 is 5.32 Å². The number of aromatic nitrogens is 2. The quantitative estimate of drug-likeness (QED) is 0.452. The smallest absolute Gasteiger partial charge is 0.269 e. The third kappa shape index (κ3) is 4.82. The van der Waals surface area contributed by atoms with Gasteiger partial charge in [0.1, 0.15) is 5.82 Å². The van der Waals surface area contributed by atoms with E-state index in [-0.39, 0.29) is 11.7 Å². The lowest BCUT2D eigenvalue weighted by Crippen LogP contribution is -2.24. The summed E-state index contributed by atoms with van der Waals surface area (Å²) in [5, 5.41) is 15.5. The van der Waals surface area contributed by atoms with Crippen LogP contribution in [0.1, 0.15) is 23.0 Å². The maximum absolute atomic E-state index is 10.9. The molecule has 0 spiro atoms. The van der Waals surface area contributed by atoms with Gasteiger partial charge in [-0.25, -0.2) is 4.98 Å². The molecule has 0 bridgehead atoms. The number of nitrogens with one attached hydrogen (secondary N) is 2. The number of nitrogens with zero attached hydrogens (tertiary/aromatic N) is 2. The van der Waals surface area contributed by atoms with Crippen molar-refractivity contribution < 1.29 is 4.92 Å². The van der Waals surface area contributed by atoms with Crippen LogP contribution in [0.2, 0.25) is 10.0 Å². The van der Waals surface area contributed by atoms with E-state index in [4.69, 9.17) is 23.2 Å². The fourth-order valence-corrected chi connectivity index (χ4v) is 3.29. The Morgan fingerprint density at radius 1 is 1.15 bits per heavy atom. The second kappa shape index (κ2) is 8.31. The highest BCUT2D eigenvalue weighted by Gasteiger charge is 2.16. The zero-order chi connectivity index (χ0) is 18.5. The second-order valence-corrected chi connectivity index (χ2v) is 6.69. The minimum absolute atomic E-state index is 0.0699. The van der Waals surface area contributed by atoms with Crippen molar-refractivity contribution in [2.24, 2.45) is 0 Å². The number of hydrogen-bond acceptors (Lipinski definition) is 4. The molecular weight excluding hydrogens is 375 g/mol. The number of benzene rings is 2. The van der Waals surface area contributed by atoms with Gasteiger partial charge in [0.25, 0.3) is 5.69 Å². The number of imidazole rings is 1. The Balaban J connectivity index is 1.77. The van der Waals surface area contributed by atoms with Gasteiger partial charge in [-0.2, -0.15) is 0 Å². The van der Waals surface area contributed by atoms with Crippen molar-refractivity contribution in [1.82, 2.24) is 15.3 Å². The highest BCUT2D eigenvalue weighted by molar-refractivity contribution is 6.34. The van der Waals surface area contributed by atoms with Gasteiger partial charge in [0.05, 0.1) is 11.0 Å². The first-order valence-corrected chi connectivity index (χ1v) is 8.68. The molecule has 0 saturated carbocycles. The first-order chi connectivity index (χ1) is 12.5. The standard InChI is InChI=1S/C18H16Cl2N4O2/c19-14-6-13(7-15(20)10-14)9-17(18-21-4-5-22-18)23-11-12-2-1-3-16(8-12)24(25)26/h1-8,10,17,23H,9,11H2,(H,21,22). The Labute approximate surface area is 160 Å². The van der Waals surface area contributed by atoms with Crippen molar-refractivity contribution in [2.75, 3.05) is 0 Å². The van der Waals surface area contributed by atoms with E-state index in [1.54, 1.807) is 30.6 Å². The van der Waals surface area contributed by atoms with Crippen LogP contribution in [0.4, 0.5) is 5.69 Å². The van der Waals surface area contributed by atoms with Gasteiger partial charge in [-0.3, -0.25) is 10.1 Å². The number of aromatic amines is 1. The number of nitro benzene ring substituents is 1. The number of rotatable bonds is 7. The minimum atomic E-state index is -0.401. The van der Waals surface area contributed by atoms with Gasteiger partial charge >= 0.3 is 0 Å². The van der Waals surface area contributed by atoms with Gasteiger partial charge < -0.3 is 10.3 Å². The molecule has 2 N–H and O–H groups in total. The molecule has 0 fully saturated rings. The molecule has 3 aromatic rings. The van der Waals surface area contributed by atoms with Gasteiger partial charge in [0.15, 0.2) is 0 Å². The summed E-state index contributed by atoms with van der Waals surface area (Å²) in [6.07, 6.45) is 4.05. The summed E-state index contributed by atoms with van der Waals surface area (Å²) < 4.78 is 0. The maximum atomic E-state index is 10.9.